The molecule has 0 aromatic heterocycles. The minimum absolute atomic E-state index is 0.268. The fourth-order valence-corrected chi connectivity index (χ4v) is 3.41. The molecule has 0 saturated heterocycles. The van der Waals surface area contributed by atoms with Gasteiger partial charge < -0.3 is 5.32 Å². The third kappa shape index (κ3) is 3.92. The number of rotatable bonds is 3. The number of hydrogen-bond donors (Lipinski definition) is 2. The van der Waals surface area contributed by atoms with Crippen LogP contribution in [-0.4, -0.2) is 11.0 Å². The maximum absolute atomic E-state index is 12.3. The molecule has 4 rings (SSSR count). The maximum atomic E-state index is 12.3. The molecular weight excluding hydrogens is 364 g/mol. The molecule has 0 unspecified atom stereocenters. The highest BCUT2D eigenvalue weighted by atomic mass is 32.1. The van der Waals surface area contributed by atoms with Crippen LogP contribution in [0.1, 0.15) is 5.56 Å². The quantitative estimate of drug-likeness (QED) is 0.362. The standard InChI is InChI=1S/C24H18N2OS/c27-23(16-15-19-10-5-9-17-7-1-3-12-20(17)19)26-24(28)25-22-14-6-11-18-8-2-4-13-21(18)22/h1-16H,(H2,25,26,27,28). The Bertz CT molecular complexity index is 1200. The van der Waals surface area contributed by atoms with Crippen LogP contribution in [0.5, 0.6) is 0 Å². The number of benzene rings is 4. The van der Waals surface area contributed by atoms with E-state index in [1.54, 1.807) is 6.08 Å². The van der Waals surface area contributed by atoms with Crippen molar-refractivity contribution in [1.29, 1.82) is 0 Å². The summed E-state index contributed by atoms with van der Waals surface area (Å²) in [5, 5.41) is 10.5. The predicted molar refractivity (Wildman–Crippen MR) is 121 cm³/mol. The second-order valence-electron chi connectivity index (χ2n) is 6.37. The zero-order valence-electron chi connectivity index (χ0n) is 15.1. The van der Waals surface area contributed by atoms with Gasteiger partial charge in [0.05, 0.1) is 0 Å². The van der Waals surface area contributed by atoms with Gasteiger partial charge in [-0.2, -0.15) is 0 Å². The van der Waals surface area contributed by atoms with Gasteiger partial charge in [-0.05, 0) is 46.1 Å². The molecule has 0 spiro atoms. The van der Waals surface area contributed by atoms with Crippen molar-refractivity contribution in [3.8, 4) is 0 Å². The summed E-state index contributed by atoms with van der Waals surface area (Å²) in [5.74, 6) is -0.273. The average molecular weight is 382 g/mol. The van der Waals surface area contributed by atoms with Crippen LogP contribution < -0.4 is 10.6 Å². The number of amides is 1. The molecule has 3 nitrogen and oxygen atoms in total. The summed E-state index contributed by atoms with van der Waals surface area (Å²) >= 11 is 5.31. The largest absolute Gasteiger partial charge is 0.332 e. The van der Waals surface area contributed by atoms with Gasteiger partial charge in [-0.1, -0.05) is 78.9 Å². The Balaban J connectivity index is 1.46. The Labute approximate surface area is 168 Å². The van der Waals surface area contributed by atoms with E-state index in [4.69, 9.17) is 12.2 Å². The number of carbonyl (C=O) groups is 1. The average Bonchev–Trinajstić information content (AvgIpc) is 2.72. The van der Waals surface area contributed by atoms with Gasteiger partial charge >= 0.3 is 0 Å². The lowest BCUT2D eigenvalue weighted by molar-refractivity contribution is -0.115. The first-order valence-corrected chi connectivity index (χ1v) is 9.37. The maximum Gasteiger partial charge on any atom is 0.250 e. The van der Waals surface area contributed by atoms with Crippen molar-refractivity contribution >= 4 is 56.5 Å². The Morgan fingerprint density at radius 3 is 2.14 bits per heavy atom. The van der Waals surface area contributed by atoms with E-state index in [1.165, 1.54) is 6.08 Å². The Morgan fingerprint density at radius 2 is 1.36 bits per heavy atom. The first kappa shape index (κ1) is 17.9. The molecule has 0 atom stereocenters. The highest BCUT2D eigenvalue weighted by Crippen LogP contribution is 2.23. The zero-order valence-corrected chi connectivity index (χ0v) is 15.9. The molecule has 4 heteroatoms. The molecule has 0 aliphatic rings. The summed E-state index contributed by atoms with van der Waals surface area (Å²) < 4.78 is 0. The normalized spacial score (nSPS) is 11.0. The second kappa shape index (κ2) is 8.03. The third-order valence-electron chi connectivity index (χ3n) is 4.51. The highest BCUT2D eigenvalue weighted by molar-refractivity contribution is 7.80. The van der Waals surface area contributed by atoms with Gasteiger partial charge in [0.1, 0.15) is 0 Å². The van der Waals surface area contributed by atoms with Gasteiger partial charge in [0.25, 0.3) is 0 Å². The van der Waals surface area contributed by atoms with Gasteiger partial charge in [0.15, 0.2) is 5.11 Å². The van der Waals surface area contributed by atoms with E-state index in [0.717, 1.165) is 32.8 Å². The molecule has 0 heterocycles. The summed E-state index contributed by atoms with van der Waals surface area (Å²) in [7, 11) is 0. The monoisotopic (exact) mass is 382 g/mol. The molecule has 4 aromatic carbocycles. The minimum Gasteiger partial charge on any atom is -0.332 e. The molecule has 0 bridgehead atoms. The van der Waals surface area contributed by atoms with E-state index < -0.39 is 0 Å². The van der Waals surface area contributed by atoms with Crippen LogP contribution in [0.25, 0.3) is 27.6 Å². The number of nitrogens with one attached hydrogen (secondary N) is 2. The Hall–Kier alpha value is -3.50. The molecule has 0 saturated carbocycles. The zero-order chi connectivity index (χ0) is 19.3. The summed E-state index contributed by atoms with van der Waals surface area (Å²) in [6, 6.07) is 28.0. The van der Waals surface area contributed by atoms with Crippen LogP contribution in [0.3, 0.4) is 0 Å². The molecule has 2 N–H and O–H groups in total. The van der Waals surface area contributed by atoms with Gasteiger partial charge in [0, 0.05) is 17.1 Å². The SMILES string of the molecule is O=C(C=Cc1cccc2ccccc12)NC(=S)Nc1cccc2ccccc12. The minimum atomic E-state index is -0.273. The number of carbonyl (C=O) groups excluding carboxylic acids is 1. The summed E-state index contributed by atoms with van der Waals surface area (Å²) in [5.41, 5.74) is 1.85. The van der Waals surface area contributed by atoms with E-state index in [9.17, 15) is 4.79 Å². The van der Waals surface area contributed by atoms with Crippen molar-refractivity contribution < 1.29 is 4.79 Å². The fraction of sp³-hybridized carbons (Fsp3) is 0. The third-order valence-corrected chi connectivity index (χ3v) is 4.72. The Kier molecular flexibility index (Phi) is 5.13. The molecule has 0 aliphatic carbocycles. The summed E-state index contributed by atoms with van der Waals surface area (Å²) in [4.78, 5) is 12.3. The van der Waals surface area contributed by atoms with Crippen LogP contribution in [0.2, 0.25) is 0 Å². The first-order valence-electron chi connectivity index (χ1n) is 8.96. The fourth-order valence-electron chi connectivity index (χ4n) is 3.20. The highest BCUT2D eigenvalue weighted by Gasteiger charge is 2.05. The summed E-state index contributed by atoms with van der Waals surface area (Å²) in [6.45, 7) is 0. The van der Waals surface area contributed by atoms with Crippen molar-refractivity contribution in [3.05, 3.63) is 96.6 Å². The van der Waals surface area contributed by atoms with Gasteiger partial charge in [-0.15, -0.1) is 0 Å². The molecule has 0 radical (unpaired) electrons. The lowest BCUT2D eigenvalue weighted by Crippen LogP contribution is -2.32. The topological polar surface area (TPSA) is 41.1 Å². The number of hydrogen-bond acceptors (Lipinski definition) is 2. The van der Waals surface area contributed by atoms with E-state index >= 15 is 0 Å². The lowest BCUT2D eigenvalue weighted by Gasteiger charge is -2.11. The predicted octanol–water partition coefficient (Wildman–Crippen LogP) is 5.52. The van der Waals surface area contributed by atoms with Crippen molar-refractivity contribution in [3.63, 3.8) is 0 Å². The number of anilines is 1. The molecular formula is C24H18N2OS. The van der Waals surface area contributed by atoms with Crippen LogP contribution in [0.15, 0.2) is 91.0 Å². The van der Waals surface area contributed by atoms with Crippen molar-refractivity contribution in [2.75, 3.05) is 5.32 Å². The van der Waals surface area contributed by atoms with Crippen molar-refractivity contribution in [1.82, 2.24) is 5.32 Å². The van der Waals surface area contributed by atoms with Crippen molar-refractivity contribution in [2.24, 2.45) is 0 Å². The van der Waals surface area contributed by atoms with Crippen LogP contribution in [0.4, 0.5) is 5.69 Å². The van der Waals surface area contributed by atoms with Gasteiger partial charge in [-0.3, -0.25) is 10.1 Å². The number of fused-ring (bicyclic) bond motifs is 2. The summed E-state index contributed by atoms with van der Waals surface area (Å²) in [6.07, 6.45) is 3.30. The first-order chi connectivity index (χ1) is 13.7. The van der Waals surface area contributed by atoms with Crippen molar-refractivity contribution in [2.45, 2.75) is 0 Å². The van der Waals surface area contributed by atoms with Gasteiger partial charge in [0.2, 0.25) is 5.91 Å². The molecule has 0 fully saturated rings. The molecule has 4 aromatic rings. The van der Waals surface area contributed by atoms with Gasteiger partial charge in [-0.25, -0.2) is 0 Å². The van der Waals surface area contributed by atoms with Crippen LogP contribution in [-0.2, 0) is 4.79 Å². The smallest absolute Gasteiger partial charge is 0.250 e. The lowest BCUT2D eigenvalue weighted by atomic mass is 10.0. The van der Waals surface area contributed by atoms with Crippen LogP contribution >= 0.6 is 12.2 Å². The van der Waals surface area contributed by atoms with E-state index in [2.05, 4.69) is 22.8 Å². The Morgan fingerprint density at radius 1 is 0.750 bits per heavy atom. The van der Waals surface area contributed by atoms with E-state index in [1.807, 2.05) is 72.8 Å². The molecule has 136 valence electrons. The second-order valence-corrected chi connectivity index (χ2v) is 6.78. The molecule has 0 aliphatic heterocycles. The van der Waals surface area contributed by atoms with E-state index in [-0.39, 0.29) is 11.0 Å². The van der Waals surface area contributed by atoms with Crippen LogP contribution in [0, 0.1) is 0 Å². The van der Waals surface area contributed by atoms with E-state index in [0.29, 0.717) is 0 Å². The number of thiocarbonyl (C=S) groups is 1. The molecule has 1 amide bonds. The molecule has 28 heavy (non-hydrogen) atoms.